The SMILES string of the molecule is COc1cc2nc(N3CCN(C(=O)C4CCCC4)CC3)nc(N)c2cc1OC. The number of rotatable bonds is 4. The normalized spacial score (nSPS) is 17.9. The van der Waals surface area contributed by atoms with E-state index in [0.29, 0.717) is 60.9 Å². The fraction of sp³-hybridized carbons (Fsp3) is 0.550. The van der Waals surface area contributed by atoms with Gasteiger partial charge in [0.1, 0.15) is 5.82 Å². The van der Waals surface area contributed by atoms with Crippen molar-refractivity contribution in [3.63, 3.8) is 0 Å². The zero-order chi connectivity index (χ0) is 19.7. The van der Waals surface area contributed by atoms with E-state index in [-0.39, 0.29) is 5.92 Å². The zero-order valence-electron chi connectivity index (χ0n) is 16.5. The molecule has 1 aliphatic heterocycles. The highest BCUT2D eigenvalue weighted by Gasteiger charge is 2.30. The molecule has 150 valence electrons. The smallest absolute Gasteiger partial charge is 0.228 e. The molecule has 0 spiro atoms. The number of carbonyl (C=O) groups is 1. The Morgan fingerprint density at radius 3 is 2.32 bits per heavy atom. The van der Waals surface area contributed by atoms with E-state index in [4.69, 9.17) is 15.2 Å². The molecule has 1 amide bonds. The van der Waals surface area contributed by atoms with Gasteiger partial charge in [-0.3, -0.25) is 4.79 Å². The number of carbonyl (C=O) groups excluding carboxylic acids is 1. The summed E-state index contributed by atoms with van der Waals surface area (Å²) in [4.78, 5) is 25.9. The second kappa shape index (κ2) is 7.69. The van der Waals surface area contributed by atoms with Crippen LogP contribution in [0.15, 0.2) is 12.1 Å². The number of piperazine rings is 1. The molecule has 0 atom stereocenters. The monoisotopic (exact) mass is 385 g/mol. The predicted molar refractivity (Wildman–Crippen MR) is 108 cm³/mol. The number of anilines is 2. The topological polar surface area (TPSA) is 93.8 Å². The van der Waals surface area contributed by atoms with E-state index in [1.165, 1.54) is 12.8 Å². The maximum absolute atomic E-state index is 12.6. The number of hydrogen-bond donors (Lipinski definition) is 1. The standard InChI is InChI=1S/C20H27N5O3/c1-27-16-11-14-15(12-17(16)28-2)22-20(23-18(14)21)25-9-7-24(8-10-25)19(26)13-5-3-4-6-13/h11-13H,3-10H2,1-2H3,(H2,21,22,23). The Labute approximate surface area is 164 Å². The van der Waals surface area contributed by atoms with Gasteiger partial charge in [0.2, 0.25) is 11.9 Å². The molecule has 2 heterocycles. The molecule has 0 radical (unpaired) electrons. The maximum atomic E-state index is 12.6. The van der Waals surface area contributed by atoms with Crippen molar-refractivity contribution < 1.29 is 14.3 Å². The highest BCUT2D eigenvalue weighted by molar-refractivity contribution is 5.91. The second-order valence-electron chi connectivity index (χ2n) is 7.43. The third-order valence-electron chi connectivity index (χ3n) is 5.80. The van der Waals surface area contributed by atoms with E-state index in [9.17, 15) is 4.79 Å². The zero-order valence-corrected chi connectivity index (χ0v) is 16.5. The van der Waals surface area contributed by atoms with Gasteiger partial charge < -0.3 is 25.0 Å². The fourth-order valence-corrected chi connectivity index (χ4v) is 4.17. The number of nitrogen functional groups attached to an aromatic ring is 1. The Morgan fingerprint density at radius 1 is 1.04 bits per heavy atom. The lowest BCUT2D eigenvalue weighted by Crippen LogP contribution is -2.50. The van der Waals surface area contributed by atoms with Gasteiger partial charge in [0.15, 0.2) is 11.5 Å². The molecule has 1 saturated heterocycles. The number of hydrogen-bond acceptors (Lipinski definition) is 7. The molecule has 28 heavy (non-hydrogen) atoms. The molecule has 1 saturated carbocycles. The molecule has 2 aromatic rings. The summed E-state index contributed by atoms with van der Waals surface area (Å²) in [5.41, 5.74) is 6.91. The van der Waals surface area contributed by atoms with Crippen LogP contribution in [0.1, 0.15) is 25.7 Å². The molecular weight excluding hydrogens is 358 g/mol. The molecule has 2 aliphatic rings. The van der Waals surface area contributed by atoms with Crippen LogP contribution in [-0.2, 0) is 4.79 Å². The summed E-state index contributed by atoms with van der Waals surface area (Å²) in [6.45, 7) is 2.80. The van der Waals surface area contributed by atoms with Crippen molar-refractivity contribution in [2.75, 3.05) is 51.0 Å². The summed E-state index contributed by atoms with van der Waals surface area (Å²) in [6.07, 6.45) is 4.42. The molecule has 2 fully saturated rings. The molecule has 8 nitrogen and oxygen atoms in total. The largest absolute Gasteiger partial charge is 0.493 e. The minimum absolute atomic E-state index is 0.224. The summed E-state index contributed by atoms with van der Waals surface area (Å²) in [6, 6.07) is 3.61. The first kappa shape index (κ1) is 18.6. The average molecular weight is 385 g/mol. The highest BCUT2D eigenvalue weighted by atomic mass is 16.5. The third kappa shape index (κ3) is 3.39. The number of nitrogens with two attached hydrogens (primary N) is 1. The number of nitrogens with zero attached hydrogens (tertiary/aromatic N) is 4. The second-order valence-corrected chi connectivity index (χ2v) is 7.43. The number of amides is 1. The molecule has 1 aliphatic carbocycles. The van der Waals surface area contributed by atoms with E-state index in [2.05, 4.69) is 14.9 Å². The van der Waals surface area contributed by atoms with E-state index >= 15 is 0 Å². The van der Waals surface area contributed by atoms with Crippen molar-refractivity contribution in [2.45, 2.75) is 25.7 Å². The van der Waals surface area contributed by atoms with E-state index in [1.54, 1.807) is 20.3 Å². The minimum atomic E-state index is 0.224. The van der Waals surface area contributed by atoms with E-state index in [1.807, 2.05) is 11.0 Å². The van der Waals surface area contributed by atoms with Gasteiger partial charge >= 0.3 is 0 Å². The van der Waals surface area contributed by atoms with Crippen molar-refractivity contribution in [3.8, 4) is 11.5 Å². The maximum Gasteiger partial charge on any atom is 0.228 e. The molecule has 0 unspecified atom stereocenters. The Balaban J connectivity index is 1.52. The van der Waals surface area contributed by atoms with Crippen molar-refractivity contribution in [3.05, 3.63) is 12.1 Å². The van der Waals surface area contributed by atoms with Gasteiger partial charge in [0, 0.05) is 43.5 Å². The Bertz CT molecular complexity index is 874. The van der Waals surface area contributed by atoms with Crippen LogP contribution in [0.3, 0.4) is 0 Å². The lowest BCUT2D eigenvalue weighted by atomic mass is 10.1. The van der Waals surface area contributed by atoms with Crippen LogP contribution in [0.2, 0.25) is 0 Å². The number of methoxy groups -OCH3 is 2. The average Bonchev–Trinajstić information content (AvgIpc) is 3.27. The quantitative estimate of drug-likeness (QED) is 0.861. The van der Waals surface area contributed by atoms with Gasteiger partial charge in [0.25, 0.3) is 0 Å². The molecule has 1 aromatic carbocycles. The lowest BCUT2D eigenvalue weighted by molar-refractivity contribution is -0.135. The van der Waals surface area contributed by atoms with Gasteiger partial charge in [0.05, 0.1) is 19.7 Å². The molecule has 1 aromatic heterocycles. The molecule has 4 rings (SSSR count). The van der Waals surface area contributed by atoms with E-state index < -0.39 is 0 Å². The predicted octanol–water partition coefficient (Wildman–Crippen LogP) is 2.07. The van der Waals surface area contributed by atoms with Crippen LogP contribution in [0.5, 0.6) is 11.5 Å². The van der Waals surface area contributed by atoms with Gasteiger partial charge in [-0.2, -0.15) is 4.98 Å². The number of benzene rings is 1. The summed E-state index contributed by atoms with van der Waals surface area (Å²) in [5.74, 6) is 2.73. The minimum Gasteiger partial charge on any atom is -0.493 e. The first-order valence-corrected chi connectivity index (χ1v) is 9.83. The van der Waals surface area contributed by atoms with Gasteiger partial charge in [-0.1, -0.05) is 12.8 Å². The molecule has 0 bridgehead atoms. The molecular formula is C20H27N5O3. The van der Waals surface area contributed by atoms with E-state index in [0.717, 1.165) is 18.2 Å². The molecule has 2 N–H and O–H groups in total. The van der Waals surface area contributed by atoms with Crippen molar-refractivity contribution in [2.24, 2.45) is 5.92 Å². The van der Waals surface area contributed by atoms with Crippen LogP contribution in [-0.4, -0.2) is 61.2 Å². The van der Waals surface area contributed by atoms with Gasteiger partial charge in [-0.15, -0.1) is 0 Å². The van der Waals surface area contributed by atoms with Crippen LogP contribution >= 0.6 is 0 Å². The lowest BCUT2D eigenvalue weighted by Gasteiger charge is -2.36. The number of aromatic nitrogens is 2. The van der Waals surface area contributed by atoms with Crippen LogP contribution < -0.4 is 20.1 Å². The van der Waals surface area contributed by atoms with Crippen LogP contribution in [0.4, 0.5) is 11.8 Å². The Kier molecular flexibility index (Phi) is 5.11. The Morgan fingerprint density at radius 2 is 1.68 bits per heavy atom. The van der Waals surface area contributed by atoms with Gasteiger partial charge in [-0.05, 0) is 18.9 Å². The van der Waals surface area contributed by atoms with Crippen molar-refractivity contribution in [1.29, 1.82) is 0 Å². The van der Waals surface area contributed by atoms with Gasteiger partial charge in [-0.25, -0.2) is 4.98 Å². The molecule has 8 heteroatoms. The Hall–Kier alpha value is -2.77. The summed E-state index contributed by atoms with van der Waals surface area (Å²) >= 11 is 0. The first-order valence-electron chi connectivity index (χ1n) is 9.83. The van der Waals surface area contributed by atoms with Crippen molar-refractivity contribution in [1.82, 2.24) is 14.9 Å². The van der Waals surface area contributed by atoms with Crippen LogP contribution in [0.25, 0.3) is 10.9 Å². The third-order valence-corrected chi connectivity index (χ3v) is 5.80. The summed E-state index contributed by atoms with van der Waals surface area (Å²) in [5, 5.41) is 0.733. The fourth-order valence-electron chi connectivity index (χ4n) is 4.17. The number of ether oxygens (including phenoxy) is 2. The summed E-state index contributed by atoms with van der Waals surface area (Å²) < 4.78 is 10.7. The summed E-state index contributed by atoms with van der Waals surface area (Å²) in [7, 11) is 3.18. The van der Waals surface area contributed by atoms with Crippen LogP contribution in [0, 0.1) is 5.92 Å². The number of fused-ring (bicyclic) bond motifs is 1. The first-order chi connectivity index (χ1) is 13.6. The van der Waals surface area contributed by atoms with Crippen molar-refractivity contribution >= 4 is 28.6 Å². The highest BCUT2D eigenvalue weighted by Crippen LogP contribution is 2.34.